The zero-order chi connectivity index (χ0) is 16.4. The Morgan fingerprint density at radius 1 is 1.30 bits per heavy atom. The molecule has 2 aromatic heterocycles. The van der Waals surface area contributed by atoms with Crippen molar-refractivity contribution in [2.75, 3.05) is 7.11 Å². The molecule has 0 saturated heterocycles. The number of carbonyl (C=O) groups excluding carboxylic acids is 1. The normalized spacial score (nSPS) is 21.3. The van der Waals surface area contributed by atoms with Crippen LogP contribution < -0.4 is 11.3 Å². The molecular formula is C16H20N4O3. The van der Waals surface area contributed by atoms with Gasteiger partial charge >= 0.3 is 0 Å². The van der Waals surface area contributed by atoms with Crippen molar-refractivity contribution in [1.82, 2.24) is 14.1 Å². The second kappa shape index (κ2) is 6.37. The fraction of sp³-hybridized carbons (Fsp3) is 0.438. The second-order valence-electron chi connectivity index (χ2n) is 5.81. The van der Waals surface area contributed by atoms with Crippen molar-refractivity contribution in [3.05, 3.63) is 46.9 Å². The predicted octanol–water partition coefficient (Wildman–Crippen LogP) is 1.26. The van der Waals surface area contributed by atoms with Gasteiger partial charge in [0.05, 0.1) is 18.1 Å². The molecule has 2 aromatic rings. The Morgan fingerprint density at radius 3 is 2.61 bits per heavy atom. The minimum absolute atomic E-state index is 0.0202. The molecule has 0 atom stereocenters. The standard InChI is InChI=1S/C16H20N4O3/c1-23-13-4-2-11(3-5-13)20-14(16(17)22)8-12(9-15(20)21)19-7-6-18-10-19/h6-11,13H,2-5H2,1H3,(H2,17,22). The molecule has 1 fully saturated rings. The van der Waals surface area contributed by atoms with Crippen LogP contribution in [0.25, 0.3) is 5.69 Å². The highest BCUT2D eigenvalue weighted by atomic mass is 16.5. The molecule has 122 valence electrons. The lowest BCUT2D eigenvalue weighted by Gasteiger charge is -2.30. The first-order valence-corrected chi connectivity index (χ1v) is 7.67. The maximum atomic E-state index is 12.6. The van der Waals surface area contributed by atoms with Crippen molar-refractivity contribution < 1.29 is 9.53 Å². The topological polar surface area (TPSA) is 92.1 Å². The Labute approximate surface area is 133 Å². The summed E-state index contributed by atoms with van der Waals surface area (Å²) in [5.74, 6) is -0.599. The fourth-order valence-corrected chi connectivity index (χ4v) is 3.23. The van der Waals surface area contributed by atoms with Gasteiger partial charge in [0.2, 0.25) is 0 Å². The summed E-state index contributed by atoms with van der Waals surface area (Å²) >= 11 is 0. The van der Waals surface area contributed by atoms with E-state index >= 15 is 0 Å². The van der Waals surface area contributed by atoms with Crippen molar-refractivity contribution in [3.8, 4) is 5.69 Å². The molecule has 0 radical (unpaired) electrons. The number of imidazole rings is 1. The van der Waals surface area contributed by atoms with Crippen LogP contribution in [-0.4, -0.2) is 33.2 Å². The third-order valence-electron chi connectivity index (χ3n) is 4.45. The van der Waals surface area contributed by atoms with Gasteiger partial charge in [0.1, 0.15) is 5.69 Å². The summed E-state index contributed by atoms with van der Waals surface area (Å²) in [6.45, 7) is 0. The number of pyridine rings is 1. The zero-order valence-corrected chi connectivity index (χ0v) is 13.0. The van der Waals surface area contributed by atoms with Gasteiger partial charge in [-0.1, -0.05) is 0 Å². The third-order valence-corrected chi connectivity index (χ3v) is 4.45. The molecule has 1 aliphatic carbocycles. The summed E-state index contributed by atoms with van der Waals surface area (Å²) < 4.78 is 8.58. The molecule has 7 heteroatoms. The molecule has 7 nitrogen and oxygen atoms in total. The first-order chi connectivity index (χ1) is 11.1. The highest BCUT2D eigenvalue weighted by Gasteiger charge is 2.26. The highest BCUT2D eigenvalue weighted by Crippen LogP contribution is 2.30. The van der Waals surface area contributed by atoms with E-state index in [4.69, 9.17) is 10.5 Å². The molecule has 2 N–H and O–H groups in total. The van der Waals surface area contributed by atoms with Gasteiger partial charge in [-0.05, 0) is 31.7 Å². The van der Waals surface area contributed by atoms with Gasteiger partial charge in [0.25, 0.3) is 11.5 Å². The lowest BCUT2D eigenvalue weighted by Crippen LogP contribution is -2.35. The second-order valence-corrected chi connectivity index (χ2v) is 5.81. The number of nitrogens with two attached hydrogens (primary N) is 1. The van der Waals surface area contributed by atoms with Gasteiger partial charge in [-0.3, -0.25) is 9.59 Å². The molecule has 0 bridgehead atoms. The summed E-state index contributed by atoms with van der Waals surface area (Å²) in [5.41, 5.74) is 6.13. The van der Waals surface area contributed by atoms with Crippen LogP contribution in [0.15, 0.2) is 35.6 Å². The predicted molar refractivity (Wildman–Crippen MR) is 84.6 cm³/mol. The molecular weight excluding hydrogens is 296 g/mol. The SMILES string of the molecule is COC1CCC(n2c(C(N)=O)cc(-n3ccnc3)cc2=O)CC1. The van der Waals surface area contributed by atoms with Crippen molar-refractivity contribution >= 4 is 5.91 Å². The smallest absolute Gasteiger partial charge is 0.265 e. The summed E-state index contributed by atoms with van der Waals surface area (Å²) in [6.07, 6.45) is 8.46. The van der Waals surface area contributed by atoms with E-state index in [1.54, 1.807) is 36.5 Å². The molecule has 0 aliphatic heterocycles. The Bertz CT molecular complexity index is 743. The molecule has 0 spiro atoms. The Morgan fingerprint density at radius 2 is 2.04 bits per heavy atom. The van der Waals surface area contributed by atoms with Gasteiger partial charge in [-0.15, -0.1) is 0 Å². The monoisotopic (exact) mass is 316 g/mol. The van der Waals surface area contributed by atoms with E-state index in [1.807, 2.05) is 0 Å². The van der Waals surface area contributed by atoms with Gasteiger partial charge in [-0.25, -0.2) is 4.98 Å². The third kappa shape index (κ3) is 3.05. The van der Waals surface area contributed by atoms with E-state index in [0.29, 0.717) is 5.69 Å². The van der Waals surface area contributed by atoms with Gasteiger partial charge in [0.15, 0.2) is 0 Å². The lowest BCUT2D eigenvalue weighted by molar-refractivity contribution is 0.0574. The Hall–Kier alpha value is -2.41. The number of carbonyl (C=O) groups is 1. The fourth-order valence-electron chi connectivity index (χ4n) is 3.23. The molecule has 23 heavy (non-hydrogen) atoms. The summed E-state index contributed by atoms with van der Waals surface area (Å²) in [5, 5.41) is 0. The van der Waals surface area contributed by atoms with Crippen LogP contribution in [0.2, 0.25) is 0 Å². The number of primary amides is 1. The number of nitrogens with zero attached hydrogens (tertiary/aromatic N) is 3. The molecule has 1 amide bonds. The molecule has 1 saturated carbocycles. The van der Waals surface area contributed by atoms with Gasteiger partial charge < -0.3 is 19.6 Å². The number of hydrogen-bond donors (Lipinski definition) is 1. The summed E-state index contributed by atoms with van der Waals surface area (Å²) in [6, 6.07) is 3.14. The number of amides is 1. The zero-order valence-electron chi connectivity index (χ0n) is 13.0. The number of rotatable bonds is 4. The quantitative estimate of drug-likeness (QED) is 0.919. The van der Waals surface area contributed by atoms with E-state index in [1.165, 1.54) is 10.6 Å². The van der Waals surface area contributed by atoms with Gasteiger partial charge in [0, 0.05) is 31.6 Å². The minimum atomic E-state index is -0.599. The van der Waals surface area contributed by atoms with Crippen molar-refractivity contribution in [3.63, 3.8) is 0 Å². The molecule has 3 rings (SSSR count). The van der Waals surface area contributed by atoms with Gasteiger partial charge in [-0.2, -0.15) is 0 Å². The lowest BCUT2D eigenvalue weighted by atomic mass is 9.92. The maximum Gasteiger partial charge on any atom is 0.265 e. The average Bonchev–Trinajstić information content (AvgIpc) is 3.08. The van der Waals surface area contributed by atoms with Crippen LogP contribution >= 0.6 is 0 Å². The summed E-state index contributed by atoms with van der Waals surface area (Å²) in [7, 11) is 1.70. The van der Waals surface area contributed by atoms with Crippen LogP contribution in [0.4, 0.5) is 0 Å². The largest absolute Gasteiger partial charge is 0.381 e. The molecule has 0 unspecified atom stereocenters. The number of hydrogen-bond acceptors (Lipinski definition) is 4. The van der Waals surface area contributed by atoms with Crippen LogP contribution in [0, 0.1) is 0 Å². The van der Waals surface area contributed by atoms with Crippen molar-refractivity contribution in [2.45, 2.75) is 37.8 Å². The minimum Gasteiger partial charge on any atom is -0.381 e. The Balaban J connectivity index is 2.00. The van der Waals surface area contributed by atoms with Crippen LogP contribution in [0.1, 0.15) is 42.2 Å². The summed E-state index contributed by atoms with van der Waals surface area (Å²) in [4.78, 5) is 28.4. The molecule has 0 aromatic carbocycles. The van der Waals surface area contributed by atoms with E-state index in [0.717, 1.165) is 25.7 Å². The van der Waals surface area contributed by atoms with E-state index < -0.39 is 5.91 Å². The van der Waals surface area contributed by atoms with Crippen molar-refractivity contribution in [1.29, 1.82) is 0 Å². The molecule has 2 heterocycles. The maximum absolute atomic E-state index is 12.6. The van der Waals surface area contributed by atoms with Crippen LogP contribution in [-0.2, 0) is 4.74 Å². The van der Waals surface area contributed by atoms with Crippen molar-refractivity contribution in [2.24, 2.45) is 5.73 Å². The number of aromatic nitrogens is 3. The Kier molecular flexibility index (Phi) is 4.29. The first-order valence-electron chi connectivity index (χ1n) is 7.67. The van der Waals surface area contributed by atoms with E-state index in [-0.39, 0.29) is 23.4 Å². The highest BCUT2D eigenvalue weighted by molar-refractivity contribution is 5.91. The first kappa shape index (κ1) is 15.5. The van der Waals surface area contributed by atoms with Crippen LogP contribution in [0.5, 0.6) is 0 Å². The average molecular weight is 316 g/mol. The number of ether oxygens (including phenoxy) is 1. The van der Waals surface area contributed by atoms with E-state index in [9.17, 15) is 9.59 Å². The van der Waals surface area contributed by atoms with Crippen LogP contribution in [0.3, 0.4) is 0 Å². The number of methoxy groups -OCH3 is 1. The molecule has 1 aliphatic rings. The van der Waals surface area contributed by atoms with E-state index in [2.05, 4.69) is 4.98 Å².